The molecule has 0 fully saturated rings. The summed E-state index contributed by atoms with van der Waals surface area (Å²) in [5.74, 6) is 0.787. The molecule has 1 aliphatic rings. The van der Waals surface area contributed by atoms with Gasteiger partial charge in [-0.2, -0.15) is 0 Å². The molecule has 3 nitrogen and oxygen atoms in total. The van der Waals surface area contributed by atoms with E-state index in [4.69, 9.17) is 4.74 Å². The van der Waals surface area contributed by atoms with Crippen LogP contribution in [-0.4, -0.2) is 25.0 Å². The molecule has 0 aliphatic carbocycles. The molecule has 0 aromatic heterocycles. The molecular formula is C19H21NO2. The van der Waals surface area contributed by atoms with Gasteiger partial charge in [-0.15, -0.1) is 0 Å². The molecule has 2 aromatic carbocycles. The summed E-state index contributed by atoms with van der Waals surface area (Å²) in [6, 6.07) is 18.2. The Bertz CT molecular complexity index is 639. The number of nitrogens with one attached hydrogen (secondary N) is 1. The lowest BCUT2D eigenvalue weighted by molar-refractivity contribution is 0.0827. The van der Waals surface area contributed by atoms with Crippen molar-refractivity contribution in [3.63, 3.8) is 0 Å². The highest BCUT2D eigenvalue weighted by molar-refractivity contribution is 6.01. The van der Waals surface area contributed by atoms with Gasteiger partial charge in [0.05, 0.1) is 18.1 Å². The lowest BCUT2D eigenvalue weighted by Gasteiger charge is -2.25. The first kappa shape index (κ1) is 14.8. The number of hydrogen-bond donors (Lipinski definition) is 1. The number of Topliss-reactive ketones (excluding diaryl/α,β-unsaturated/α-hetero) is 1. The van der Waals surface area contributed by atoms with Crippen molar-refractivity contribution in [1.82, 2.24) is 5.32 Å². The number of carbonyl (C=O) groups is 1. The topological polar surface area (TPSA) is 38.3 Å². The van der Waals surface area contributed by atoms with Crippen LogP contribution in [0.25, 0.3) is 0 Å². The van der Waals surface area contributed by atoms with E-state index in [-0.39, 0.29) is 11.7 Å². The van der Waals surface area contributed by atoms with Gasteiger partial charge in [0.25, 0.3) is 0 Å². The zero-order valence-corrected chi connectivity index (χ0v) is 12.8. The van der Waals surface area contributed by atoms with Crippen molar-refractivity contribution in [1.29, 1.82) is 0 Å². The number of ketones is 1. The molecule has 0 saturated heterocycles. The maximum absolute atomic E-state index is 12.5. The van der Waals surface area contributed by atoms with E-state index in [9.17, 15) is 4.79 Å². The molecule has 3 heteroatoms. The normalized spacial score (nSPS) is 18.4. The molecule has 22 heavy (non-hydrogen) atoms. The zero-order valence-electron chi connectivity index (χ0n) is 12.8. The van der Waals surface area contributed by atoms with Crippen LogP contribution in [0.5, 0.6) is 5.75 Å². The number of hydrogen-bond acceptors (Lipinski definition) is 3. The van der Waals surface area contributed by atoms with E-state index in [0.29, 0.717) is 30.5 Å². The molecule has 2 atom stereocenters. The van der Waals surface area contributed by atoms with Crippen LogP contribution in [0.4, 0.5) is 0 Å². The molecule has 1 heterocycles. The quantitative estimate of drug-likeness (QED) is 0.921. The average molecular weight is 295 g/mol. The molecule has 0 spiro atoms. The molecule has 0 amide bonds. The van der Waals surface area contributed by atoms with Crippen molar-refractivity contribution in [2.45, 2.75) is 19.4 Å². The summed E-state index contributed by atoms with van der Waals surface area (Å²) in [5.41, 5.74) is 2.01. The van der Waals surface area contributed by atoms with Crippen molar-refractivity contribution in [3.8, 4) is 5.75 Å². The van der Waals surface area contributed by atoms with Crippen LogP contribution >= 0.6 is 0 Å². The van der Waals surface area contributed by atoms with Crippen molar-refractivity contribution < 1.29 is 9.53 Å². The van der Waals surface area contributed by atoms with Gasteiger partial charge >= 0.3 is 0 Å². The summed E-state index contributed by atoms with van der Waals surface area (Å²) >= 11 is 0. The van der Waals surface area contributed by atoms with Crippen molar-refractivity contribution in [2.24, 2.45) is 5.92 Å². The highest BCUT2D eigenvalue weighted by atomic mass is 16.5. The molecule has 2 unspecified atom stereocenters. The van der Waals surface area contributed by atoms with E-state index in [2.05, 4.69) is 36.5 Å². The molecule has 0 radical (unpaired) electrons. The van der Waals surface area contributed by atoms with Gasteiger partial charge in [-0.1, -0.05) is 42.5 Å². The molecule has 1 N–H and O–H groups in total. The molecule has 114 valence electrons. The largest absolute Gasteiger partial charge is 0.492 e. The average Bonchev–Trinajstić information content (AvgIpc) is 2.55. The Kier molecular flexibility index (Phi) is 4.54. The second-order valence-electron chi connectivity index (χ2n) is 5.87. The van der Waals surface area contributed by atoms with Crippen LogP contribution in [0.3, 0.4) is 0 Å². The predicted molar refractivity (Wildman–Crippen MR) is 87.4 cm³/mol. The van der Waals surface area contributed by atoms with Gasteiger partial charge in [0.2, 0.25) is 0 Å². The summed E-state index contributed by atoms with van der Waals surface area (Å²) in [7, 11) is 0. The predicted octanol–water partition coefficient (Wildman–Crippen LogP) is 3.10. The second-order valence-corrected chi connectivity index (χ2v) is 5.87. The van der Waals surface area contributed by atoms with Crippen LogP contribution in [0.1, 0.15) is 22.8 Å². The van der Waals surface area contributed by atoms with Crippen molar-refractivity contribution in [3.05, 3.63) is 65.7 Å². The summed E-state index contributed by atoms with van der Waals surface area (Å²) in [5, 5.41) is 3.46. The second kappa shape index (κ2) is 6.75. The Morgan fingerprint density at radius 2 is 1.86 bits per heavy atom. The maximum atomic E-state index is 12.5. The van der Waals surface area contributed by atoms with Crippen LogP contribution in [0.2, 0.25) is 0 Å². The van der Waals surface area contributed by atoms with E-state index in [1.165, 1.54) is 5.56 Å². The number of fused-ring (bicyclic) bond motifs is 1. The highest BCUT2D eigenvalue weighted by Crippen LogP contribution is 2.26. The minimum atomic E-state index is -0.104. The molecular weight excluding hydrogens is 274 g/mol. The Morgan fingerprint density at radius 3 is 2.68 bits per heavy atom. The molecule has 0 bridgehead atoms. The van der Waals surface area contributed by atoms with Gasteiger partial charge < -0.3 is 10.1 Å². The third kappa shape index (κ3) is 3.37. The first-order valence-electron chi connectivity index (χ1n) is 7.77. The van der Waals surface area contributed by atoms with E-state index in [1.807, 2.05) is 30.3 Å². The van der Waals surface area contributed by atoms with Gasteiger partial charge in [-0.05, 0) is 31.0 Å². The van der Waals surface area contributed by atoms with Crippen molar-refractivity contribution in [2.75, 3.05) is 13.2 Å². The number of ether oxygens (including phenoxy) is 1. The number of carbonyl (C=O) groups excluding carboxylic acids is 1. The summed E-state index contributed by atoms with van der Waals surface area (Å²) in [4.78, 5) is 12.5. The van der Waals surface area contributed by atoms with Crippen LogP contribution in [-0.2, 0) is 6.42 Å². The summed E-state index contributed by atoms with van der Waals surface area (Å²) in [6.45, 7) is 3.26. The zero-order chi connectivity index (χ0) is 15.4. The fraction of sp³-hybridized carbons (Fsp3) is 0.316. The van der Waals surface area contributed by atoms with E-state index >= 15 is 0 Å². The first-order chi connectivity index (χ1) is 10.7. The number of para-hydroxylation sites is 1. The minimum Gasteiger partial charge on any atom is -0.492 e. The molecule has 2 aromatic rings. The molecule has 0 saturated carbocycles. The van der Waals surface area contributed by atoms with Crippen molar-refractivity contribution >= 4 is 5.78 Å². The summed E-state index contributed by atoms with van der Waals surface area (Å²) in [6.07, 6.45) is 0.958. The maximum Gasteiger partial charge on any atom is 0.174 e. The fourth-order valence-electron chi connectivity index (χ4n) is 2.82. The number of benzene rings is 2. The third-order valence-corrected chi connectivity index (χ3v) is 4.06. The van der Waals surface area contributed by atoms with Gasteiger partial charge in [-0.3, -0.25) is 4.79 Å². The van der Waals surface area contributed by atoms with Gasteiger partial charge in [0.1, 0.15) is 5.75 Å². The monoisotopic (exact) mass is 295 g/mol. The van der Waals surface area contributed by atoms with Crippen LogP contribution in [0, 0.1) is 5.92 Å². The Hall–Kier alpha value is -2.13. The Morgan fingerprint density at radius 1 is 1.14 bits per heavy atom. The standard InChI is InChI=1S/C19H21NO2/c1-14(11-15-7-3-2-4-8-15)20-12-16-13-22-18-10-6-5-9-17(18)19(16)21/h2-10,14,16,20H,11-13H2,1H3. The van der Waals surface area contributed by atoms with Gasteiger partial charge in [-0.25, -0.2) is 0 Å². The lowest BCUT2D eigenvalue weighted by Crippen LogP contribution is -2.40. The third-order valence-electron chi connectivity index (χ3n) is 4.06. The minimum absolute atomic E-state index is 0.104. The Labute approximate surface area is 131 Å². The van der Waals surface area contributed by atoms with Gasteiger partial charge in [0, 0.05) is 12.6 Å². The highest BCUT2D eigenvalue weighted by Gasteiger charge is 2.28. The smallest absolute Gasteiger partial charge is 0.174 e. The Balaban J connectivity index is 1.55. The number of rotatable bonds is 5. The lowest BCUT2D eigenvalue weighted by atomic mass is 9.94. The summed E-state index contributed by atoms with van der Waals surface area (Å²) < 4.78 is 5.70. The van der Waals surface area contributed by atoms with Gasteiger partial charge in [0.15, 0.2) is 5.78 Å². The van der Waals surface area contributed by atoms with E-state index in [1.54, 1.807) is 0 Å². The van der Waals surface area contributed by atoms with E-state index in [0.717, 1.165) is 6.42 Å². The first-order valence-corrected chi connectivity index (χ1v) is 7.77. The SMILES string of the molecule is CC(Cc1ccccc1)NCC1COc2ccccc2C1=O. The van der Waals surface area contributed by atoms with Crippen LogP contribution in [0.15, 0.2) is 54.6 Å². The molecule has 3 rings (SSSR count). The van der Waals surface area contributed by atoms with E-state index < -0.39 is 0 Å². The van der Waals surface area contributed by atoms with Crippen LogP contribution < -0.4 is 10.1 Å². The molecule has 1 aliphatic heterocycles. The fourth-order valence-corrected chi connectivity index (χ4v) is 2.82.